The first-order valence-electron chi connectivity index (χ1n) is 18.1. The van der Waals surface area contributed by atoms with Crippen LogP contribution in [0.2, 0.25) is 0 Å². The van der Waals surface area contributed by atoms with Gasteiger partial charge in [-0.15, -0.1) is 0 Å². The van der Waals surface area contributed by atoms with Crippen LogP contribution < -0.4 is 14.8 Å². The van der Waals surface area contributed by atoms with E-state index >= 15 is 0 Å². The zero-order chi connectivity index (χ0) is 39.4. The molecule has 0 aliphatic heterocycles. The number of nitrogens with zero attached hydrogens (tertiary/aromatic N) is 5. The van der Waals surface area contributed by atoms with Crippen molar-refractivity contribution in [2.24, 2.45) is 0 Å². The molecule has 0 spiro atoms. The van der Waals surface area contributed by atoms with Crippen LogP contribution in [0, 0.1) is 6.92 Å². The smallest absolute Gasteiger partial charge is 0.178 e. The highest BCUT2D eigenvalue weighted by Crippen LogP contribution is 2.25. The van der Waals surface area contributed by atoms with Gasteiger partial charge < -0.3 is 50.1 Å². The molecule has 7 N–H and O–H groups in total. The van der Waals surface area contributed by atoms with Crippen LogP contribution in [-0.2, 0) is 6.54 Å². The fourth-order valence-electron chi connectivity index (χ4n) is 5.69. The van der Waals surface area contributed by atoms with Gasteiger partial charge >= 0.3 is 0 Å². The zero-order valence-corrected chi connectivity index (χ0v) is 32.6. The van der Waals surface area contributed by atoms with Gasteiger partial charge in [-0.3, -0.25) is 0 Å². The van der Waals surface area contributed by atoms with E-state index in [9.17, 15) is 15.3 Å². The number of hydrogen-bond acceptors (Lipinski definition) is 12. The van der Waals surface area contributed by atoms with E-state index in [1.165, 1.54) is 0 Å². The van der Waals surface area contributed by atoms with E-state index in [1.54, 1.807) is 24.5 Å². The van der Waals surface area contributed by atoms with Crippen LogP contribution in [0.4, 0.5) is 0 Å². The third-order valence-corrected chi connectivity index (χ3v) is 9.00. The van der Waals surface area contributed by atoms with Gasteiger partial charge in [-0.1, -0.05) is 12.1 Å². The van der Waals surface area contributed by atoms with Crippen molar-refractivity contribution in [1.82, 2.24) is 40.1 Å². The van der Waals surface area contributed by atoms with Crippen molar-refractivity contribution in [1.29, 1.82) is 0 Å². The lowest BCUT2D eigenvalue weighted by atomic mass is 10.2. The molecule has 0 aliphatic rings. The molecule has 292 valence electrons. The van der Waals surface area contributed by atoms with E-state index in [0.29, 0.717) is 49.0 Å². The number of aromatic nitrogens is 6. The Morgan fingerprint density at radius 2 is 1.32 bits per heavy atom. The van der Waals surface area contributed by atoms with Gasteiger partial charge in [-0.25, -0.2) is 19.9 Å². The molecular weight excluding hydrogens is 780 g/mol. The molecule has 7 rings (SSSR count). The Hall–Kier alpha value is -5.42. The van der Waals surface area contributed by atoms with Crippen molar-refractivity contribution >= 4 is 38.3 Å². The fourth-order valence-corrected chi connectivity index (χ4v) is 6.02. The summed E-state index contributed by atoms with van der Waals surface area (Å²) in [6.45, 7) is 4.43. The van der Waals surface area contributed by atoms with Crippen LogP contribution in [0.5, 0.6) is 17.2 Å². The van der Waals surface area contributed by atoms with Gasteiger partial charge in [0, 0.05) is 54.2 Å². The Balaban J connectivity index is 0.000000192. The third kappa shape index (κ3) is 11.6. The summed E-state index contributed by atoms with van der Waals surface area (Å²) in [7, 11) is 1.84. The molecule has 0 saturated heterocycles. The van der Waals surface area contributed by atoms with Crippen LogP contribution >= 0.6 is 15.9 Å². The maximum Gasteiger partial charge on any atom is 0.178 e. The van der Waals surface area contributed by atoms with Crippen LogP contribution in [0.3, 0.4) is 0 Å². The molecule has 2 atom stereocenters. The molecule has 14 nitrogen and oxygen atoms in total. The highest BCUT2D eigenvalue weighted by atomic mass is 79.9. The molecule has 7 aromatic rings. The number of likely N-dealkylation sites (N-methyl/N-ethyl adjacent to an activating group) is 1. The summed E-state index contributed by atoms with van der Waals surface area (Å²) in [5, 5.41) is 41.4. The minimum Gasteiger partial charge on any atom is -0.508 e. The van der Waals surface area contributed by atoms with Gasteiger partial charge in [0.25, 0.3) is 0 Å². The number of H-pyrrole nitrogens is 2. The Morgan fingerprint density at radius 3 is 1.91 bits per heavy atom. The molecule has 2 unspecified atom stereocenters. The molecule has 0 amide bonds. The summed E-state index contributed by atoms with van der Waals surface area (Å²) in [5.74, 6) is 3.09. The minimum atomic E-state index is -0.633. The molecule has 4 heterocycles. The van der Waals surface area contributed by atoms with Gasteiger partial charge in [0.05, 0.1) is 17.6 Å². The van der Waals surface area contributed by atoms with E-state index in [1.807, 2.05) is 91.7 Å². The van der Waals surface area contributed by atoms with Crippen LogP contribution in [0.15, 0.2) is 102 Å². The second kappa shape index (κ2) is 19.4. The maximum absolute atomic E-state index is 10.1. The highest BCUT2D eigenvalue weighted by molar-refractivity contribution is 9.10. The number of fused-ring (bicyclic) bond motifs is 2. The predicted octanol–water partition coefficient (Wildman–Crippen LogP) is 5.22. The summed E-state index contributed by atoms with van der Waals surface area (Å²) in [5.41, 5.74) is 7.12. The first-order valence-corrected chi connectivity index (χ1v) is 18.9. The molecule has 0 aliphatic carbocycles. The summed E-state index contributed by atoms with van der Waals surface area (Å²) >= 11 is 3.40. The number of aryl methyl sites for hydroxylation is 1. The second-order valence-electron chi connectivity index (χ2n) is 13.3. The Labute approximate surface area is 332 Å². The lowest BCUT2D eigenvalue weighted by molar-refractivity contribution is 0.0711. The van der Waals surface area contributed by atoms with Gasteiger partial charge in [0.2, 0.25) is 0 Å². The van der Waals surface area contributed by atoms with Crippen molar-refractivity contribution in [2.75, 3.05) is 46.5 Å². The topological polar surface area (TPSA) is 198 Å². The molecule has 0 fully saturated rings. The number of rotatable bonds is 16. The molecule has 0 radical (unpaired) electrons. The lowest BCUT2D eigenvalue weighted by Crippen LogP contribution is -2.34. The summed E-state index contributed by atoms with van der Waals surface area (Å²) < 4.78 is 12.2. The van der Waals surface area contributed by atoms with Crippen molar-refractivity contribution < 1.29 is 29.9 Å². The Kier molecular flexibility index (Phi) is 14.0. The number of hydrogen-bond donors (Lipinski definition) is 7. The number of benzene rings is 3. The van der Waals surface area contributed by atoms with Gasteiger partial charge in [0.15, 0.2) is 11.3 Å². The fraction of sp³-hybridized carbons (Fsp3) is 0.268. The minimum absolute atomic E-state index is 0.0692. The Morgan fingerprint density at radius 1 is 0.768 bits per heavy atom. The largest absolute Gasteiger partial charge is 0.508 e. The SMILES string of the molecule is CN(CCO)CC(O)COc1ccc(-c2nc3ncc(Br)cc3[nH]2)cc1.Cc1cnc2nc(-c3ccc(OCC(O)CNCc4ccc(O)cc4)cc3)[nH]c2c1. The zero-order valence-electron chi connectivity index (χ0n) is 31.1. The number of phenols is 1. The van der Waals surface area contributed by atoms with Crippen molar-refractivity contribution in [3.05, 3.63) is 113 Å². The summed E-state index contributed by atoms with van der Waals surface area (Å²) in [4.78, 5) is 26.0. The standard InChI is InChI=1S/C23H24N4O3.C18H21BrN4O3/c1-15-10-21-23(25-11-15)27-22(26-21)17-4-8-20(9-5-17)30-14-19(29)13-24-12-16-2-6-18(28)7-3-16;1-23(6-7-24)10-14(25)11-26-15-4-2-12(3-5-15)17-21-16-8-13(19)9-20-18(16)22-17/h2-11,19,24,28-29H,12-14H2,1H3,(H,25,26,27);2-5,8-9,14,24-25H,6-7,10-11H2,1H3,(H,20,21,22). The predicted molar refractivity (Wildman–Crippen MR) is 218 cm³/mol. The molecule has 4 aromatic heterocycles. The first-order chi connectivity index (χ1) is 27.1. The number of halogens is 1. The number of ether oxygens (including phenoxy) is 2. The molecule has 56 heavy (non-hydrogen) atoms. The van der Waals surface area contributed by atoms with Crippen LogP contribution in [0.1, 0.15) is 11.1 Å². The number of aromatic hydroxyl groups is 1. The first kappa shape index (κ1) is 40.2. The van der Waals surface area contributed by atoms with Crippen LogP contribution in [0.25, 0.3) is 45.1 Å². The van der Waals surface area contributed by atoms with Gasteiger partial charge in [-0.05, 0) is 114 Å². The monoisotopic (exact) mass is 824 g/mol. The average molecular weight is 826 g/mol. The van der Waals surface area contributed by atoms with Crippen molar-refractivity contribution in [2.45, 2.75) is 25.7 Å². The number of aliphatic hydroxyl groups is 3. The quantitative estimate of drug-likeness (QED) is 0.0672. The van der Waals surface area contributed by atoms with Crippen molar-refractivity contribution in [3.8, 4) is 40.0 Å². The lowest BCUT2D eigenvalue weighted by Gasteiger charge is -2.19. The van der Waals surface area contributed by atoms with Gasteiger partial charge in [-0.2, -0.15) is 0 Å². The molecule has 0 saturated carbocycles. The van der Waals surface area contributed by atoms with E-state index in [4.69, 9.17) is 14.6 Å². The third-order valence-electron chi connectivity index (χ3n) is 8.57. The molecular formula is C41H45BrN8O6. The van der Waals surface area contributed by atoms with E-state index in [0.717, 1.165) is 49.4 Å². The van der Waals surface area contributed by atoms with E-state index in [-0.39, 0.29) is 25.6 Å². The number of imidazole rings is 2. The number of nitrogens with one attached hydrogen (secondary N) is 3. The number of aromatic amines is 2. The highest BCUT2D eigenvalue weighted by Gasteiger charge is 2.12. The molecule has 0 bridgehead atoms. The molecule has 3 aromatic carbocycles. The van der Waals surface area contributed by atoms with E-state index < -0.39 is 12.2 Å². The van der Waals surface area contributed by atoms with Crippen LogP contribution in [-0.4, -0.2) is 114 Å². The normalized spacial score (nSPS) is 12.4. The number of aliphatic hydroxyl groups excluding tert-OH is 3. The average Bonchev–Trinajstić information content (AvgIpc) is 3.82. The molecule has 15 heteroatoms. The summed E-state index contributed by atoms with van der Waals surface area (Å²) in [6.07, 6.45) is 2.26. The van der Waals surface area contributed by atoms with Gasteiger partial charge in [0.1, 0.15) is 54.3 Å². The maximum atomic E-state index is 10.1. The van der Waals surface area contributed by atoms with E-state index in [2.05, 4.69) is 51.2 Å². The van der Waals surface area contributed by atoms with Crippen molar-refractivity contribution in [3.63, 3.8) is 0 Å². The Bertz CT molecular complexity index is 2280. The summed E-state index contributed by atoms with van der Waals surface area (Å²) in [6, 6.07) is 26.0. The second-order valence-corrected chi connectivity index (χ2v) is 14.3. The number of pyridine rings is 2. The number of phenolic OH excluding ortho intramolecular Hbond substituents is 1.